The molecule has 11 heteroatoms. The lowest BCUT2D eigenvalue weighted by molar-refractivity contribution is -0.241. The van der Waals surface area contributed by atoms with Gasteiger partial charge in [-0.1, -0.05) is 34.9 Å². The summed E-state index contributed by atoms with van der Waals surface area (Å²) in [5, 5.41) is 3.81. The molecular formula is C19H23N3O7S. The third kappa shape index (κ3) is 5.05. The van der Waals surface area contributed by atoms with Gasteiger partial charge in [0.25, 0.3) is 0 Å². The third-order valence-corrected chi connectivity index (χ3v) is 4.96. The summed E-state index contributed by atoms with van der Waals surface area (Å²) in [4.78, 5) is 38.2. The zero-order valence-corrected chi connectivity index (χ0v) is 17.9. The maximum Gasteiger partial charge on any atom is 0.303 e. The number of ether oxygens (including phenoxy) is 4. The van der Waals surface area contributed by atoms with Crippen LogP contribution in [0.3, 0.4) is 0 Å². The summed E-state index contributed by atoms with van der Waals surface area (Å²) in [5.41, 5.74) is 7.79. The predicted octanol–water partition coefficient (Wildman–Crippen LogP) is 2.58. The average molecular weight is 437 g/mol. The van der Waals surface area contributed by atoms with Crippen LogP contribution in [0, 0.1) is 6.92 Å². The highest BCUT2D eigenvalue weighted by Gasteiger charge is 2.60. The highest BCUT2D eigenvalue weighted by atomic mass is 32.1. The predicted molar refractivity (Wildman–Crippen MR) is 107 cm³/mol. The first-order valence-electron chi connectivity index (χ1n) is 9.06. The van der Waals surface area contributed by atoms with Gasteiger partial charge in [-0.3, -0.25) is 14.4 Å². The molecule has 1 saturated heterocycles. The molecule has 0 unspecified atom stereocenters. The fraction of sp³-hybridized carbons (Fsp3) is 0.526. The average Bonchev–Trinajstić information content (AvgIpc) is 2.65. The van der Waals surface area contributed by atoms with E-state index in [9.17, 15) is 19.9 Å². The van der Waals surface area contributed by atoms with Crippen molar-refractivity contribution in [3.05, 3.63) is 45.8 Å². The Bertz CT molecular complexity index is 856. The van der Waals surface area contributed by atoms with Gasteiger partial charge in [-0.25, -0.2) is 0 Å². The smallest absolute Gasteiger partial charge is 0.303 e. The van der Waals surface area contributed by atoms with Crippen molar-refractivity contribution in [2.24, 2.45) is 5.11 Å². The fourth-order valence-corrected chi connectivity index (χ4v) is 3.78. The quantitative estimate of drug-likeness (QED) is 0.180. The van der Waals surface area contributed by atoms with E-state index in [0.717, 1.165) is 5.56 Å². The Morgan fingerprint density at radius 3 is 2.30 bits per heavy atom. The number of aryl methyl sites for hydroxylation is 1. The van der Waals surface area contributed by atoms with Crippen LogP contribution in [0.1, 0.15) is 31.9 Å². The summed E-state index contributed by atoms with van der Waals surface area (Å²) >= 11 is 4.32. The Hall–Kier alpha value is -2.75. The van der Waals surface area contributed by atoms with Crippen molar-refractivity contribution >= 4 is 30.5 Å². The lowest BCUT2D eigenvalue weighted by Crippen LogP contribution is -2.65. The minimum atomic E-state index is -1.75. The molecule has 1 aliphatic heterocycles. The highest BCUT2D eigenvalue weighted by Crippen LogP contribution is 2.45. The standard InChI is InChI=1S/C19H23N3O7S/c1-10-5-7-14(8-6-10)19(29-13(4)25)15(9-26-11(2)23)28-18(30)16(27-12(3)24)17(19)21-22-20/h5-8,15-18,30H,9H2,1-4H3/t15-,16-,17-,18-,19+/m1/s1. The summed E-state index contributed by atoms with van der Waals surface area (Å²) in [5.74, 6) is -1.96. The van der Waals surface area contributed by atoms with Crippen molar-refractivity contribution in [3.63, 3.8) is 0 Å². The molecule has 1 aliphatic rings. The number of hydrogen-bond acceptors (Lipinski definition) is 9. The molecule has 1 aromatic carbocycles. The lowest BCUT2D eigenvalue weighted by Gasteiger charge is -2.50. The second kappa shape index (κ2) is 9.84. The van der Waals surface area contributed by atoms with E-state index in [4.69, 9.17) is 18.9 Å². The molecule has 0 N–H and O–H groups in total. The molecule has 162 valence electrons. The van der Waals surface area contributed by atoms with E-state index < -0.39 is 47.2 Å². The van der Waals surface area contributed by atoms with Gasteiger partial charge < -0.3 is 18.9 Å². The van der Waals surface area contributed by atoms with E-state index in [0.29, 0.717) is 5.56 Å². The molecule has 10 nitrogen and oxygen atoms in total. The summed E-state index contributed by atoms with van der Waals surface area (Å²) in [6, 6.07) is 5.63. The van der Waals surface area contributed by atoms with Crippen LogP contribution in [0.5, 0.6) is 0 Å². The molecule has 2 rings (SSSR count). The molecule has 5 atom stereocenters. The van der Waals surface area contributed by atoms with Crippen LogP contribution in [0.4, 0.5) is 0 Å². The Balaban J connectivity index is 2.75. The van der Waals surface area contributed by atoms with Crippen molar-refractivity contribution in [2.45, 2.75) is 57.0 Å². The summed E-state index contributed by atoms with van der Waals surface area (Å²) in [7, 11) is 0. The van der Waals surface area contributed by atoms with Crippen molar-refractivity contribution in [3.8, 4) is 0 Å². The van der Waals surface area contributed by atoms with Gasteiger partial charge in [0.15, 0.2) is 5.60 Å². The second-order valence-corrected chi connectivity index (χ2v) is 7.30. The Labute approximate surface area is 178 Å². The molecule has 30 heavy (non-hydrogen) atoms. The first-order chi connectivity index (χ1) is 14.1. The van der Waals surface area contributed by atoms with Crippen LogP contribution < -0.4 is 0 Å². The summed E-state index contributed by atoms with van der Waals surface area (Å²) < 4.78 is 22.1. The van der Waals surface area contributed by atoms with Gasteiger partial charge >= 0.3 is 17.9 Å². The third-order valence-electron chi connectivity index (χ3n) is 4.55. The number of esters is 3. The van der Waals surface area contributed by atoms with E-state index in [1.54, 1.807) is 24.3 Å². The number of hydrogen-bond donors (Lipinski definition) is 1. The SMILES string of the molecule is CC(=O)OC[C@H]1O[C@H](S)[C@H](OC(C)=O)[C@@H](N=[N+]=[N-])[C@]1(OC(C)=O)c1ccc(C)cc1. The number of azide groups is 1. The number of rotatable bonds is 6. The Morgan fingerprint density at radius 1 is 1.17 bits per heavy atom. The van der Waals surface area contributed by atoms with Gasteiger partial charge in [0.2, 0.25) is 0 Å². The largest absolute Gasteiger partial charge is 0.463 e. The van der Waals surface area contributed by atoms with Crippen molar-refractivity contribution < 1.29 is 33.3 Å². The molecule has 0 bridgehead atoms. The topological polar surface area (TPSA) is 137 Å². The van der Waals surface area contributed by atoms with E-state index in [1.807, 2.05) is 6.92 Å². The van der Waals surface area contributed by atoms with Crippen molar-refractivity contribution in [1.82, 2.24) is 0 Å². The first-order valence-corrected chi connectivity index (χ1v) is 9.58. The molecule has 1 heterocycles. The summed E-state index contributed by atoms with van der Waals surface area (Å²) in [6.07, 6.45) is -2.28. The van der Waals surface area contributed by atoms with Crippen molar-refractivity contribution in [2.75, 3.05) is 6.61 Å². The molecule has 0 saturated carbocycles. The molecule has 1 fully saturated rings. The number of benzene rings is 1. The van der Waals surface area contributed by atoms with Crippen LogP contribution in [0.25, 0.3) is 10.4 Å². The zero-order valence-electron chi connectivity index (χ0n) is 17.0. The maximum atomic E-state index is 12.2. The first kappa shape index (κ1) is 23.5. The fourth-order valence-electron chi connectivity index (χ4n) is 3.41. The Morgan fingerprint density at radius 2 is 1.80 bits per heavy atom. The molecule has 0 aliphatic carbocycles. The van der Waals surface area contributed by atoms with Crippen LogP contribution in [-0.2, 0) is 38.9 Å². The van der Waals surface area contributed by atoms with E-state index >= 15 is 0 Å². The number of nitrogens with zero attached hydrogens (tertiary/aromatic N) is 3. The molecule has 1 aromatic rings. The normalized spacial score (nSPS) is 28.0. The second-order valence-electron chi connectivity index (χ2n) is 6.79. The van der Waals surface area contributed by atoms with E-state index in [1.165, 1.54) is 20.8 Å². The minimum absolute atomic E-state index is 0.322. The molecule has 0 amide bonds. The molecular weight excluding hydrogens is 414 g/mol. The van der Waals surface area contributed by atoms with Gasteiger partial charge in [-0.15, -0.1) is 12.6 Å². The highest BCUT2D eigenvalue weighted by molar-refractivity contribution is 7.80. The van der Waals surface area contributed by atoms with Crippen LogP contribution in [0.2, 0.25) is 0 Å². The van der Waals surface area contributed by atoms with Gasteiger partial charge in [0.05, 0.1) is 0 Å². The Kier molecular flexibility index (Phi) is 7.71. The van der Waals surface area contributed by atoms with Crippen LogP contribution in [0.15, 0.2) is 29.4 Å². The lowest BCUT2D eigenvalue weighted by atomic mass is 9.77. The van der Waals surface area contributed by atoms with Crippen molar-refractivity contribution in [1.29, 1.82) is 0 Å². The molecule has 0 spiro atoms. The monoisotopic (exact) mass is 437 g/mol. The van der Waals surface area contributed by atoms with Crippen LogP contribution in [-0.4, -0.2) is 48.2 Å². The molecule has 0 aromatic heterocycles. The van der Waals surface area contributed by atoms with E-state index in [-0.39, 0.29) is 6.61 Å². The van der Waals surface area contributed by atoms with Gasteiger partial charge in [0.1, 0.15) is 30.3 Å². The van der Waals surface area contributed by atoms with Gasteiger partial charge in [-0.2, -0.15) is 0 Å². The maximum absolute atomic E-state index is 12.2. The van der Waals surface area contributed by atoms with Gasteiger partial charge in [-0.05, 0) is 18.0 Å². The number of thiol groups is 1. The van der Waals surface area contributed by atoms with Gasteiger partial charge in [0, 0.05) is 25.7 Å². The number of carbonyl (C=O) groups is 3. The minimum Gasteiger partial charge on any atom is -0.463 e. The number of carbonyl (C=O) groups excluding carboxylic acids is 3. The zero-order chi connectivity index (χ0) is 22.5. The van der Waals surface area contributed by atoms with Crippen LogP contribution >= 0.6 is 12.6 Å². The van der Waals surface area contributed by atoms with E-state index in [2.05, 4.69) is 22.7 Å². The summed E-state index contributed by atoms with van der Waals surface area (Å²) in [6.45, 7) is 5.12. The molecule has 0 radical (unpaired) electrons.